The van der Waals surface area contributed by atoms with Crippen LogP contribution in [0.25, 0.3) is 0 Å². The van der Waals surface area contributed by atoms with Crippen molar-refractivity contribution in [2.45, 2.75) is 37.8 Å². The first-order chi connectivity index (χ1) is 5.99. The van der Waals surface area contributed by atoms with Crippen molar-refractivity contribution in [3.05, 3.63) is 0 Å². The van der Waals surface area contributed by atoms with Crippen LogP contribution in [0.2, 0.25) is 0 Å². The predicted molar refractivity (Wildman–Crippen MR) is 52.1 cm³/mol. The van der Waals surface area contributed by atoms with Crippen LogP contribution in [0.1, 0.15) is 26.2 Å². The van der Waals surface area contributed by atoms with E-state index in [0.717, 1.165) is 19.4 Å². The van der Waals surface area contributed by atoms with E-state index in [1.165, 1.54) is 0 Å². The highest BCUT2D eigenvalue weighted by molar-refractivity contribution is 5.84. The average molecular weight is 185 g/mol. The summed E-state index contributed by atoms with van der Waals surface area (Å²) in [6.45, 7) is 3.08. The van der Waals surface area contributed by atoms with Crippen LogP contribution < -0.4 is 11.5 Å². The maximum atomic E-state index is 11.1. The number of amides is 1. The highest BCUT2D eigenvalue weighted by atomic mass is 16.1. The molecular formula is C9H19N3O. The van der Waals surface area contributed by atoms with Crippen molar-refractivity contribution in [3.63, 3.8) is 0 Å². The first-order valence-electron chi connectivity index (χ1n) is 4.78. The van der Waals surface area contributed by atoms with E-state index in [1.807, 2.05) is 0 Å². The summed E-state index contributed by atoms with van der Waals surface area (Å²) in [7, 11) is 2.05. The number of hydrogen-bond acceptors (Lipinski definition) is 3. The van der Waals surface area contributed by atoms with Crippen LogP contribution in [0.3, 0.4) is 0 Å². The average Bonchev–Trinajstić information content (AvgIpc) is 2.48. The Morgan fingerprint density at radius 3 is 2.69 bits per heavy atom. The van der Waals surface area contributed by atoms with Gasteiger partial charge in [0, 0.05) is 6.04 Å². The zero-order chi connectivity index (χ0) is 10.1. The van der Waals surface area contributed by atoms with Crippen molar-refractivity contribution in [1.29, 1.82) is 0 Å². The number of nitrogens with zero attached hydrogens (tertiary/aromatic N) is 1. The molecule has 0 aliphatic heterocycles. The van der Waals surface area contributed by atoms with Gasteiger partial charge in [-0.25, -0.2) is 0 Å². The van der Waals surface area contributed by atoms with Gasteiger partial charge >= 0.3 is 0 Å². The van der Waals surface area contributed by atoms with Crippen molar-refractivity contribution in [2.75, 3.05) is 13.6 Å². The quantitative estimate of drug-likeness (QED) is 0.632. The summed E-state index contributed by atoms with van der Waals surface area (Å²) >= 11 is 0. The Labute approximate surface area is 79.3 Å². The molecule has 1 saturated carbocycles. The summed E-state index contributed by atoms with van der Waals surface area (Å²) in [4.78, 5) is 13.3. The van der Waals surface area contributed by atoms with Gasteiger partial charge in [-0.05, 0) is 32.9 Å². The van der Waals surface area contributed by atoms with Crippen molar-refractivity contribution >= 4 is 5.91 Å². The zero-order valence-corrected chi connectivity index (χ0v) is 8.42. The molecule has 1 aliphatic carbocycles. The number of hydrogen-bond donors (Lipinski definition) is 2. The topological polar surface area (TPSA) is 72.3 Å². The monoisotopic (exact) mass is 185 g/mol. The van der Waals surface area contributed by atoms with Gasteiger partial charge in [0.25, 0.3) is 0 Å². The van der Waals surface area contributed by atoms with Gasteiger partial charge in [-0.15, -0.1) is 0 Å². The lowest BCUT2D eigenvalue weighted by Crippen LogP contribution is -2.50. The van der Waals surface area contributed by atoms with Gasteiger partial charge in [-0.2, -0.15) is 0 Å². The van der Waals surface area contributed by atoms with Gasteiger partial charge in [0.05, 0.1) is 5.54 Å². The van der Waals surface area contributed by atoms with E-state index >= 15 is 0 Å². The molecule has 1 aliphatic rings. The third-order valence-corrected chi connectivity index (χ3v) is 3.14. The molecule has 0 aromatic heterocycles. The van der Waals surface area contributed by atoms with Crippen LogP contribution in [0.15, 0.2) is 0 Å². The van der Waals surface area contributed by atoms with Crippen LogP contribution in [0, 0.1) is 0 Å². The Morgan fingerprint density at radius 2 is 2.31 bits per heavy atom. The van der Waals surface area contributed by atoms with Gasteiger partial charge in [-0.3, -0.25) is 4.79 Å². The van der Waals surface area contributed by atoms with Crippen LogP contribution in [0.4, 0.5) is 0 Å². The summed E-state index contributed by atoms with van der Waals surface area (Å²) < 4.78 is 0. The minimum Gasteiger partial charge on any atom is -0.368 e. The summed E-state index contributed by atoms with van der Waals surface area (Å²) in [5.41, 5.74) is 10.4. The molecule has 0 aromatic rings. The van der Waals surface area contributed by atoms with Crippen LogP contribution >= 0.6 is 0 Å². The van der Waals surface area contributed by atoms with Crippen molar-refractivity contribution in [1.82, 2.24) is 4.90 Å². The van der Waals surface area contributed by atoms with E-state index in [4.69, 9.17) is 11.5 Å². The summed E-state index contributed by atoms with van der Waals surface area (Å²) in [5, 5.41) is 0. The third-order valence-electron chi connectivity index (χ3n) is 3.14. The number of carbonyl (C=O) groups is 1. The first kappa shape index (κ1) is 10.5. The molecule has 0 bridgehead atoms. The van der Waals surface area contributed by atoms with E-state index in [2.05, 4.69) is 18.9 Å². The van der Waals surface area contributed by atoms with Gasteiger partial charge in [0.1, 0.15) is 0 Å². The molecule has 0 saturated heterocycles. The predicted octanol–water partition coefficient (Wildman–Crippen LogP) is -0.327. The smallest absolute Gasteiger partial charge is 0.237 e. The summed E-state index contributed by atoms with van der Waals surface area (Å²) in [6, 6.07) is 0.419. The molecule has 4 heteroatoms. The fourth-order valence-electron chi connectivity index (χ4n) is 1.91. The van der Waals surface area contributed by atoms with E-state index in [-0.39, 0.29) is 5.91 Å². The van der Waals surface area contributed by atoms with Gasteiger partial charge in [-0.1, -0.05) is 6.92 Å². The van der Waals surface area contributed by atoms with Crippen molar-refractivity contribution in [3.8, 4) is 0 Å². The van der Waals surface area contributed by atoms with E-state index in [0.29, 0.717) is 12.5 Å². The Hall–Kier alpha value is -0.610. The molecule has 13 heavy (non-hydrogen) atoms. The van der Waals surface area contributed by atoms with Gasteiger partial charge in [0.2, 0.25) is 5.91 Å². The lowest BCUT2D eigenvalue weighted by molar-refractivity contribution is -0.123. The number of primary amides is 1. The zero-order valence-electron chi connectivity index (χ0n) is 8.42. The Bertz CT molecular complexity index is 207. The normalized spacial score (nSPS) is 34.0. The van der Waals surface area contributed by atoms with Crippen molar-refractivity contribution in [2.24, 2.45) is 11.5 Å². The van der Waals surface area contributed by atoms with Gasteiger partial charge in [0.15, 0.2) is 0 Å². The van der Waals surface area contributed by atoms with Crippen LogP contribution in [-0.4, -0.2) is 36.0 Å². The lowest BCUT2D eigenvalue weighted by Gasteiger charge is -2.24. The lowest BCUT2D eigenvalue weighted by atomic mass is 9.98. The molecule has 1 amide bonds. The molecule has 76 valence electrons. The van der Waals surface area contributed by atoms with Crippen molar-refractivity contribution < 1.29 is 4.79 Å². The standard InChI is InChI=1S/C9H19N3O/c1-3-12(2)7-4-5-9(11,6-7)8(10)13/h7H,3-6,11H2,1-2H3,(H2,10,13). The second kappa shape index (κ2) is 3.64. The largest absolute Gasteiger partial charge is 0.368 e. The highest BCUT2D eigenvalue weighted by Gasteiger charge is 2.41. The first-order valence-corrected chi connectivity index (χ1v) is 4.78. The number of nitrogens with two attached hydrogens (primary N) is 2. The molecule has 2 atom stereocenters. The minimum absolute atomic E-state index is 0.362. The molecule has 0 spiro atoms. The molecule has 1 fully saturated rings. The van der Waals surface area contributed by atoms with E-state index < -0.39 is 5.54 Å². The Kier molecular flexibility index (Phi) is 2.93. The maximum absolute atomic E-state index is 11.1. The van der Waals surface area contributed by atoms with Crippen LogP contribution in [-0.2, 0) is 4.79 Å². The number of carbonyl (C=O) groups excluding carboxylic acids is 1. The second-order valence-corrected chi connectivity index (χ2v) is 3.99. The molecule has 1 rings (SSSR count). The molecular weight excluding hydrogens is 166 g/mol. The summed E-state index contributed by atoms with van der Waals surface area (Å²) in [6.07, 6.45) is 2.40. The summed E-state index contributed by atoms with van der Waals surface area (Å²) in [5.74, 6) is -0.362. The molecule has 0 heterocycles. The Morgan fingerprint density at radius 1 is 1.69 bits per heavy atom. The fraction of sp³-hybridized carbons (Fsp3) is 0.889. The fourth-order valence-corrected chi connectivity index (χ4v) is 1.91. The van der Waals surface area contributed by atoms with E-state index in [1.54, 1.807) is 0 Å². The SMILES string of the molecule is CCN(C)C1CCC(N)(C(N)=O)C1. The molecule has 2 unspecified atom stereocenters. The Balaban J connectivity index is 2.58. The molecule has 4 N–H and O–H groups in total. The second-order valence-electron chi connectivity index (χ2n) is 3.99. The highest BCUT2D eigenvalue weighted by Crippen LogP contribution is 2.30. The third kappa shape index (κ3) is 2.00. The maximum Gasteiger partial charge on any atom is 0.237 e. The minimum atomic E-state index is -0.756. The molecule has 0 aromatic carbocycles. The van der Waals surface area contributed by atoms with Crippen LogP contribution in [0.5, 0.6) is 0 Å². The van der Waals surface area contributed by atoms with Gasteiger partial charge < -0.3 is 16.4 Å². The molecule has 4 nitrogen and oxygen atoms in total. The van der Waals surface area contributed by atoms with E-state index in [9.17, 15) is 4.79 Å². The number of rotatable bonds is 3. The molecule has 0 radical (unpaired) electrons.